The molecule has 0 bridgehead atoms. The highest BCUT2D eigenvalue weighted by atomic mass is 35.5. The minimum absolute atomic E-state index is 0. The second kappa shape index (κ2) is 9.72. The smallest absolute Gasteiger partial charge is 0.0670 e. The van der Waals surface area contributed by atoms with E-state index >= 15 is 0 Å². The van der Waals surface area contributed by atoms with Crippen LogP contribution < -0.4 is 5.73 Å². The van der Waals surface area contributed by atoms with Crippen LogP contribution >= 0.6 is 24.8 Å². The Hall–Kier alpha value is -0.820. The van der Waals surface area contributed by atoms with E-state index < -0.39 is 0 Å². The van der Waals surface area contributed by atoms with Crippen molar-refractivity contribution in [2.75, 3.05) is 6.54 Å². The number of rotatable bonds is 4. The van der Waals surface area contributed by atoms with Gasteiger partial charge in [-0.05, 0) is 31.0 Å². The molecular formula is C10H15Cl2N3. The van der Waals surface area contributed by atoms with Gasteiger partial charge in [0.1, 0.15) is 0 Å². The molecule has 0 spiro atoms. The third kappa shape index (κ3) is 6.29. The molecule has 0 aliphatic heterocycles. The number of pyridine rings is 1. The van der Waals surface area contributed by atoms with Gasteiger partial charge in [-0.2, -0.15) is 5.26 Å². The van der Waals surface area contributed by atoms with Gasteiger partial charge >= 0.3 is 0 Å². The molecule has 84 valence electrons. The molecular weight excluding hydrogens is 233 g/mol. The van der Waals surface area contributed by atoms with Gasteiger partial charge in [0, 0.05) is 11.9 Å². The lowest BCUT2D eigenvalue weighted by molar-refractivity contribution is 0.809. The van der Waals surface area contributed by atoms with Crippen LogP contribution in [0.5, 0.6) is 0 Å². The summed E-state index contributed by atoms with van der Waals surface area (Å²) in [5.41, 5.74) is 7.40. The topological polar surface area (TPSA) is 62.7 Å². The average molecular weight is 248 g/mol. The molecule has 15 heavy (non-hydrogen) atoms. The number of halogens is 2. The van der Waals surface area contributed by atoms with E-state index in [4.69, 9.17) is 11.0 Å². The average Bonchev–Trinajstić information content (AvgIpc) is 2.17. The highest BCUT2D eigenvalue weighted by Gasteiger charge is 1.95. The first-order valence-corrected chi connectivity index (χ1v) is 4.37. The number of hydrogen-bond donors (Lipinski definition) is 1. The molecule has 1 aromatic heterocycles. The van der Waals surface area contributed by atoms with Crippen LogP contribution in [0.4, 0.5) is 0 Å². The third-order valence-corrected chi connectivity index (χ3v) is 1.81. The lowest BCUT2D eigenvalue weighted by Gasteiger charge is -1.99. The van der Waals surface area contributed by atoms with Crippen LogP contribution in [0.25, 0.3) is 0 Å². The van der Waals surface area contributed by atoms with Gasteiger partial charge in [-0.1, -0.05) is 6.07 Å². The summed E-state index contributed by atoms with van der Waals surface area (Å²) in [5.74, 6) is 0. The van der Waals surface area contributed by atoms with E-state index in [1.165, 1.54) is 0 Å². The summed E-state index contributed by atoms with van der Waals surface area (Å²) >= 11 is 0. The summed E-state index contributed by atoms with van der Waals surface area (Å²) in [6, 6.07) is 5.99. The lowest BCUT2D eigenvalue weighted by atomic mass is 10.1. The third-order valence-electron chi connectivity index (χ3n) is 1.81. The molecule has 5 heteroatoms. The molecule has 0 amide bonds. The van der Waals surface area contributed by atoms with Crippen LogP contribution in [0.15, 0.2) is 18.3 Å². The first-order valence-electron chi connectivity index (χ1n) is 4.37. The Morgan fingerprint density at radius 1 is 1.33 bits per heavy atom. The van der Waals surface area contributed by atoms with E-state index in [1.54, 1.807) is 6.20 Å². The van der Waals surface area contributed by atoms with Gasteiger partial charge in [0.25, 0.3) is 0 Å². The monoisotopic (exact) mass is 247 g/mol. The first-order chi connectivity index (χ1) is 6.36. The van der Waals surface area contributed by atoms with E-state index in [9.17, 15) is 0 Å². The number of nitrogens with two attached hydrogens (primary N) is 1. The van der Waals surface area contributed by atoms with Crippen molar-refractivity contribution in [1.82, 2.24) is 4.98 Å². The Morgan fingerprint density at radius 3 is 2.53 bits per heavy atom. The summed E-state index contributed by atoms with van der Waals surface area (Å²) in [6.07, 6.45) is 4.08. The van der Waals surface area contributed by atoms with Gasteiger partial charge < -0.3 is 5.73 Å². The Morgan fingerprint density at radius 2 is 2.07 bits per heavy atom. The summed E-state index contributed by atoms with van der Waals surface area (Å²) in [6.45, 7) is 0.696. The lowest BCUT2D eigenvalue weighted by Crippen LogP contribution is -2.01. The van der Waals surface area contributed by atoms with E-state index in [1.807, 2.05) is 12.1 Å². The van der Waals surface area contributed by atoms with Crippen molar-refractivity contribution in [1.29, 1.82) is 5.26 Å². The zero-order chi connectivity index (χ0) is 9.52. The van der Waals surface area contributed by atoms with Gasteiger partial charge in [0.2, 0.25) is 0 Å². The largest absolute Gasteiger partial charge is 0.330 e. The van der Waals surface area contributed by atoms with E-state index in [-0.39, 0.29) is 24.8 Å². The Bertz CT molecular complexity index is 293. The van der Waals surface area contributed by atoms with Crippen molar-refractivity contribution in [2.45, 2.75) is 19.3 Å². The first kappa shape index (κ1) is 16.6. The second-order valence-corrected chi connectivity index (χ2v) is 2.88. The number of nitrogens with zero attached hydrogens (tertiary/aromatic N) is 2. The normalized spacial score (nSPS) is 8.27. The van der Waals surface area contributed by atoms with E-state index in [2.05, 4.69) is 11.1 Å². The number of aromatic nitrogens is 1. The van der Waals surface area contributed by atoms with Crippen molar-refractivity contribution < 1.29 is 0 Å². The van der Waals surface area contributed by atoms with Gasteiger partial charge in [0.05, 0.1) is 12.5 Å². The van der Waals surface area contributed by atoms with Crippen molar-refractivity contribution >= 4 is 24.8 Å². The maximum Gasteiger partial charge on any atom is 0.0670 e. The fourth-order valence-electron chi connectivity index (χ4n) is 1.08. The number of hydrogen-bond acceptors (Lipinski definition) is 3. The molecule has 0 fully saturated rings. The summed E-state index contributed by atoms with van der Waals surface area (Å²) < 4.78 is 0. The highest BCUT2D eigenvalue weighted by molar-refractivity contribution is 5.85. The molecule has 0 aliphatic rings. The molecule has 0 unspecified atom stereocenters. The maximum atomic E-state index is 8.44. The number of aryl methyl sites for hydroxylation is 1. The molecule has 0 atom stereocenters. The molecule has 1 aromatic rings. The molecule has 0 aliphatic carbocycles. The molecule has 0 aromatic carbocycles. The van der Waals surface area contributed by atoms with Gasteiger partial charge in [-0.25, -0.2) is 0 Å². The predicted molar refractivity (Wildman–Crippen MR) is 65.4 cm³/mol. The van der Waals surface area contributed by atoms with Crippen molar-refractivity contribution in [2.24, 2.45) is 5.73 Å². The zero-order valence-corrected chi connectivity index (χ0v) is 9.98. The van der Waals surface area contributed by atoms with Crippen LogP contribution in [0.3, 0.4) is 0 Å². The minimum atomic E-state index is 0. The fraction of sp³-hybridized carbons (Fsp3) is 0.400. The van der Waals surface area contributed by atoms with Crippen molar-refractivity contribution in [3.05, 3.63) is 29.6 Å². The maximum absolute atomic E-state index is 8.44. The van der Waals surface area contributed by atoms with Crippen LogP contribution in [0, 0.1) is 11.3 Å². The van der Waals surface area contributed by atoms with Crippen LogP contribution in [0.1, 0.15) is 17.7 Å². The molecule has 0 saturated carbocycles. The SMILES string of the molecule is Cl.Cl.N#CCc1ccc(CCCN)nc1. The quantitative estimate of drug-likeness (QED) is 0.884. The number of nitriles is 1. The Labute approximate surface area is 103 Å². The van der Waals surface area contributed by atoms with Crippen molar-refractivity contribution in [3.63, 3.8) is 0 Å². The summed E-state index contributed by atoms with van der Waals surface area (Å²) in [4.78, 5) is 4.23. The van der Waals surface area contributed by atoms with Crippen LogP contribution in [0.2, 0.25) is 0 Å². The summed E-state index contributed by atoms with van der Waals surface area (Å²) in [7, 11) is 0. The highest BCUT2D eigenvalue weighted by Crippen LogP contribution is 2.02. The van der Waals surface area contributed by atoms with Gasteiger partial charge in [-0.3, -0.25) is 4.98 Å². The Kier molecular flexibility index (Phi) is 10.8. The molecule has 0 radical (unpaired) electrons. The van der Waals surface area contributed by atoms with Gasteiger partial charge in [-0.15, -0.1) is 24.8 Å². The fourth-order valence-corrected chi connectivity index (χ4v) is 1.08. The molecule has 0 saturated heterocycles. The van der Waals surface area contributed by atoms with Crippen molar-refractivity contribution in [3.8, 4) is 6.07 Å². The molecule has 2 N–H and O–H groups in total. The second-order valence-electron chi connectivity index (χ2n) is 2.88. The van der Waals surface area contributed by atoms with Crippen LogP contribution in [-0.4, -0.2) is 11.5 Å². The Balaban J connectivity index is 0. The van der Waals surface area contributed by atoms with E-state index in [0.717, 1.165) is 24.1 Å². The molecule has 3 nitrogen and oxygen atoms in total. The minimum Gasteiger partial charge on any atom is -0.330 e. The zero-order valence-electron chi connectivity index (χ0n) is 8.35. The molecule has 1 heterocycles. The standard InChI is InChI=1S/C10H13N3.2ClH/c11-6-1-2-10-4-3-9(5-7-12)8-13-10;;/h3-4,8H,1-2,5-6,11H2;2*1H. The predicted octanol–water partition coefficient (Wildman–Crippen LogP) is 1.88. The summed E-state index contributed by atoms with van der Waals surface area (Å²) in [5, 5.41) is 8.44. The van der Waals surface area contributed by atoms with Crippen LogP contribution in [-0.2, 0) is 12.8 Å². The van der Waals surface area contributed by atoms with Gasteiger partial charge in [0.15, 0.2) is 0 Å². The van der Waals surface area contributed by atoms with E-state index in [0.29, 0.717) is 13.0 Å². The molecule has 1 rings (SSSR count).